The van der Waals surface area contributed by atoms with Crippen LogP contribution in [0.2, 0.25) is 5.02 Å². The van der Waals surface area contributed by atoms with Crippen molar-refractivity contribution in [1.29, 1.82) is 0 Å². The predicted octanol–water partition coefficient (Wildman–Crippen LogP) is 1.29. The lowest BCUT2D eigenvalue weighted by molar-refractivity contribution is -0.384. The molecule has 0 aliphatic carbocycles. The number of H-pyrrole nitrogens is 1. The summed E-state index contributed by atoms with van der Waals surface area (Å²) in [6.45, 7) is 1.10. The van der Waals surface area contributed by atoms with Gasteiger partial charge < -0.3 is 0 Å². The highest BCUT2D eigenvalue weighted by Crippen LogP contribution is 2.25. The Labute approximate surface area is 153 Å². The van der Waals surface area contributed by atoms with Crippen LogP contribution in [0.4, 0.5) is 5.69 Å². The zero-order valence-electron chi connectivity index (χ0n) is 13.7. The molecule has 9 nitrogen and oxygen atoms in total. The molecule has 0 amide bonds. The predicted molar refractivity (Wildman–Crippen MR) is 93.9 cm³/mol. The molecule has 0 saturated carbocycles. The normalized spacial score (nSPS) is 14.8. The maximum atomic E-state index is 12.1. The molecule has 2 aromatic rings. The number of aromatic amines is 1. The number of aromatic nitrogens is 2. The Hall–Kier alpha value is -2.30. The summed E-state index contributed by atoms with van der Waals surface area (Å²) in [4.78, 5) is 30.8. The van der Waals surface area contributed by atoms with Gasteiger partial charge in [-0.25, -0.2) is 13.4 Å². The maximum Gasteiger partial charge on any atom is 0.269 e. The Morgan fingerprint density at radius 3 is 2.81 bits per heavy atom. The van der Waals surface area contributed by atoms with Gasteiger partial charge in [-0.15, -0.1) is 0 Å². The smallest absolute Gasteiger partial charge is 0.269 e. The van der Waals surface area contributed by atoms with Gasteiger partial charge in [-0.05, 0) is 18.1 Å². The van der Waals surface area contributed by atoms with Crippen LogP contribution in [-0.4, -0.2) is 41.0 Å². The highest BCUT2D eigenvalue weighted by atomic mass is 35.5. The Balaban J connectivity index is 1.89. The summed E-state index contributed by atoms with van der Waals surface area (Å²) in [6.07, 6.45) is 1.37. The first-order chi connectivity index (χ1) is 12.1. The average Bonchev–Trinajstić information content (AvgIpc) is 2.55. The summed E-state index contributed by atoms with van der Waals surface area (Å²) in [5.41, 5.74) is 0.914. The number of nitro groups is 1. The Kier molecular flexibility index (Phi) is 4.82. The third-order valence-electron chi connectivity index (χ3n) is 4.12. The van der Waals surface area contributed by atoms with Crippen LogP contribution in [0.5, 0.6) is 0 Å². The lowest BCUT2D eigenvalue weighted by Crippen LogP contribution is -2.35. The third kappa shape index (κ3) is 3.76. The summed E-state index contributed by atoms with van der Waals surface area (Å²) >= 11 is 6.13. The second-order valence-electron chi connectivity index (χ2n) is 6.06. The van der Waals surface area contributed by atoms with E-state index < -0.39 is 20.3 Å². The number of benzene rings is 1. The molecule has 26 heavy (non-hydrogen) atoms. The third-order valence-corrected chi connectivity index (χ3v) is 5.38. The molecule has 1 aliphatic rings. The van der Waals surface area contributed by atoms with E-state index in [1.165, 1.54) is 18.2 Å². The molecule has 3 rings (SSSR count). The second-order valence-corrected chi connectivity index (χ2v) is 8.40. The second kappa shape index (κ2) is 6.78. The molecule has 0 saturated heterocycles. The molecule has 1 aromatic heterocycles. The van der Waals surface area contributed by atoms with Crippen LogP contribution < -0.4 is 5.56 Å². The molecule has 0 radical (unpaired) electrons. The minimum Gasteiger partial charge on any atom is -0.297 e. The molecule has 11 heteroatoms. The van der Waals surface area contributed by atoms with Crippen molar-refractivity contribution in [3.8, 4) is 0 Å². The van der Waals surface area contributed by atoms with Gasteiger partial charge in [0.05, 0.1) is 10.6 Å². The van der Waals surface area contributed by atoms with Crippen molar-refractivity contribution in [2.75, 3.05) is 12.8 Å². The summed E-state index contributed by atoms with van der Waals surface area (Å²) in [5.74, 6) is 0. The van der Waals surface area contributed by atoms with Gasteiger partial charge in [-0.1, -0.05) is 11.6 Å². The Morgan fingerprint density at radius 1 is 1.42 bits per heavy atom. The van der Waals surface area contributed by atoms with Crippen LogP contribution in [0.15, 0.2) is 28.2 Å². The van der Waals surface area contributed by atoms with E-state index in [0.29, 0.717) is 41.4 Å². The maximum absolute atomic E-state index is 12.1. The quantitative estimate of drug-likeness (QED) is 0.467. The van der Waals surface area contributed by atoms with Crippen LogP contribution in [-0.2, 0) is 29.3 Å². The van der Waals surface area contributed by atoms with Crippen LogP contribution >= 0.6 is 11.6 Å². The lowest BCUT2D eigenvalue weighted by Gasteiger charge is -2.27. The standard InChI is InChI=1S/C15H15ClN4O5S/c1-26(24,25)15-17-13-8-19(5-4-11(13)14(21)18-15)7-9-6-10(20(22)23)2-3-12(9)16/h2-3,6H,4-5,7-8H2,1H3,(H,17,18,21). The van der Waals surface area contributed by atoms with Crippen LogP contribution in [0, 0.1) is 10.1 Å². The minimum atomic E-state index is -3.64. The van der Waals surface area contributed by atoms with Crippen LogP contribution in [0.25, 0.3) is 0 Å². The van der Waals surface area contributed by atoms with Crippen molar-refractivity contribution < 1.29 is 13.3 Å². The van der Waals surface area contributed by atoms with Gasteiger partial charge in [-0.3, -0.25) is 24.8 Å². The number of hydrogen-bond acceptors (Lipinski definition) is 7. The van der Waals surface area contributed by atoms with E-state index in [-0.39, 0.29) is 17.4 Å². The molecule has 0 unspecified atom stereocenters. The Bertz CT molecular complexity index is 1050. The number of nitrogens with zero attached hydrogens (tertiary/aromatic N) is 3. The number of sulfone groups is 1. The molecule has 1 aliphatic heterocycles. The largest absolute Gasteiger partial charge is 0.297 e. The highest BCUT2D eigenvalue weighted by Gasteiger charge is 2.24. The SMILES string of the molecule is CS(=O)(=O)c1nc2c(c(=O)[nH]1)CCN(Cc1cc([N+](=O)[O-])ccc1Cl)C2. The average molecular weight is 399 g/mol. The van der Waals surface area contributed by atoms with E-state index in [1.807, 2.05) is 4.90 Å². The van der Waals surface area contributed by atoms with E-state index >= 15 is 0 Å². The molecule has 1 aromatic carbocycles. The van der Waals surface area contributed by atoms with Gasteiger partial charge in [0.1, 0.15) is 0 Å². The molecule has 0 bridgehead atoms. The van der Waals surface area contributed by atoms with E-state index in [1.54, 1.807) is 0 Å². The summed E-state index contributed by atoms with van der Waals surface area (Å²) in [7, 11) is -3.64. The number of hydrogen-bond donors (Lipinski definition) is 1. The summed E-state index contributed by atoms with van der Waals surface area (Å²) < 4.78 is 23.3. The molecule has 0 fully saturated rings. The molecular formula is C15H15ClN4O5S. The Morgan fingerprint density at radius 2 is 2.15 bits per heavy atom. The highest BCUT2D eigenvalue weighted by molar-refractivity contribution is 7.90. The van der Waals surface area contributed by atoms with Gasteiger partial charge in [-0.2, -0.15) is 0 Å². The first-order valence-corrected chi connectivity index (χ1v) is 9.89. The first-order valence-electron chi connectivity index (χ1n) is 7.62. The van der Waals surface area contributed by atoms with Crippen molar-refractivity contribution in [3.63, 3.8) is 0 Å². The minimum absolute atomic E-state index is 0.0595. The monoisotopic (exact) mass is 398 g/mol. The van der Waals surface area contributed by atoms with Crippen molar-refractivity contribution in [3.05, 3.63) is 60.5 Å². The van der Waals surface area contributed by atoms with Gasteiger partial charge >= 0.3 is 0 Å². The molecule has 0 atom stereocenters. The van der Waals surface area contributed by atoms with Crippen molar-refractivity contribution in [2.45, 2.75) is 24.7 Å². The van der Waals surface area contributed by atoms with Crippen LogP contribution in [0.1, 0.15) is 16.8 Å². The molecule has 138 valence electrons. The molecule has 2 heterocycles. The van der Waals surface area contributed by atoms with Crippen molar-refractivity contribution >= 4 is 27.1 Å². The van der Waals surface area contributed by atoms with Gasteiger partial charge in [0, 0.05) is 48.6 Å². The number of rotatable bonds is 4. The fourth-order valence-corrected chi connectivity index (χ4v) is 3.55. The van der Waals surface area contributed by atoms with Crippen LogP contribution in [0.3, 0.4) is 0 Å². The number of nitrogens with one attached hydrogen (secondary N) is 1. The van der Waals surface area contributed by atoms with E-state index in [2.05, 4.69) is 9.97 Å². The fourth-order valence-electron chi connectivity index (χ4n) is 2.82. The first kappa shape index (κ1) is 18.5. The van der Waals surface area contributed by atoms with Crippen molar-refractivity contribution in [1.82, 2.24) is 14.9 Å². The van der Waals surface area contributed by atoms with E-state index in [0.717, 1.165) is 6.26 Å². The number of non-ortho nitro benzene ring substituents is 1. The molecule has 0 spiro atoms. The molecule has 1 N–H and O–H groups in total. The van der Waals surface area contributed by atoms with Gasteiger partial charge in [0.15, 0.2) is 0 Å². The lowest BCUT2D eigenvalue weighted by atomic mass is 10.1. The number of halogens is 1. The van der Waals surface area contributed by atoms with Crippen molar-refractivity contribution in [2.24, 2.45) is 0 Å². The molecular weight excluding hydrogens is 384 g/mol. The zero-order chi connectivity index (χ0) is 19.1. The topological polar surface area (TPSA) is 126 Å². The fraction of sp³-hybridized carbons (Fsp3) is 0.333. The van der Waals surface area contributed by atoms with Gasteiger partial charge in [0.25, 0.3) is 11.2 Å². The number of fused-ring (bicyclic) bond motifs is 1. The van der Waals surface area contributed by atoms with Gasteiger partial charge in [0.2, 0.25) is 15.0 Å². The van der Waals surface area contributed by atoms with E-state index in [4.69, 9.17) is 11.6 Å². The number of nitro benzene ring substituents is 1. The summed E-state index contributed by atoms with van der Waals surface area (Å²) in [5, 5.41) is 11.0. The summed E-state index contributed by atoms with van der Waals surface area (Å²) in [6, 6.07) is 4.21. The zero-order valence-corrected chi connectivity index (χ0v) is 15.3. The van der Waals surface area contributed by atoms with E-state index in [9.17, 15) is 23.3 Å².